The number of ether oxygens (including phenoxy) is 1. The van der Waals surface area contributed by atoms with Gasteiger partial charge in [0.05, 0.1) is 31.0 Å². The van der Waals surface area contributed by atoms with Gasteiger partial charge in [-0.3, -0.25) is 14.4 Å². The van der Waals surface area contributed by atoms with Crippen LogP contribution < -0.4 is 10.6 Å². The predicted octanol–water partition coefficient (Wildman–Crippen LogP) is 3.77. The number of allylic oxidation sites excluding steroid dienone is 2. The second kappa shape index (κ2) is 17.7. The number of rotatable bonds is 18. The third-order valence-corrected chi connectivity index (χ3v) is 6.19. The summed E-state index contributed by atoms with van der Waals surface area (Å²) < 4.78 is 5.45. The molecule has 2 amide bonds. The quantitative estimate of drug-likeness (QED) is 0.158. The summed E-state index contributed by atoms with van der Waals surface area (Å²) in [6.45, 7) is 7.41. The van der Waals surface area contributed by atoms with Crippen molar-refractivity contribution in [2.24, 2.45) is 11.8 Å². The number of aliphatic hydroxyl groups excluding tert-OH is 1. The Morgan fingerprint density at radius 1 is 0.895 bits per heavy atom. The number of benzene rings is 2. The SMILES string of the molecule is C=CCC[C@H](Cc1ccccc1)C(=O)OCCNC(=O)[C@H](CC=C)CC(=O)N[C@H](CO)Cc1ccccc1. The Bertz CT molecular complexity index is 1010. The molecule has 204 valence electrons. The van der Waals surface area contributed by atoms with Crippen molar-refractivity contribution >= 4 is 17.8 Å². The first kappa shape index (κ1) is 30.5. The molecule has 7 heteroatoms. The minimum atomic E-state index is -0.613. The van der Waals surface area contributed by atoms with Crippen molar-refractivity contribution < 1.29 is 24.2 Å². The van der Waals surface area contributed by atoms with Crippen LogP contribution in [-0.2, 0) is 32.0 Å². The molecule has 0 radical (unpaired) electrons. The zero-order chi connectivity index (χ0) is 27.6. The first-order chi connectivity index (χ1) is 18.5. The summed E-state index contributed by atoms with van der Waals surface area (Å²) in [4.78, 5) is 38.0. The highest BCUT2D eigenvalue weighted by Gasteiger charge is 2.23. The van der Waals surface area contributed by atoms with Crippen LogP contribution in [0.2, 0.25) is 0 Å². The number of esters is 1. The minimum absolute atomic E-state index is 0.0381. The Morgan fingerprint density at radius 2 is 1.53 bits per heavy atom. The van der Waals surface area contributed by atoms with Crippen LogP contribution in [0.25, 0.3) is 0 Å². The van der Waals surface area contributed by atoms with Gasteiger partial charge in [-0.2, -0.15) is 0 Å². The molecule has 0 aromatic heterocycles. The molecule has 3 N–H and O–H groups in total. The molecule has 0 saturated heterocycles. The molecule has 0 aliphatic rings. The lowest BCUT2D eigenvalue weighted by Gasteiger charge is -2.20. The zero-order valence-electron chi connectivity index (χ0n) is 22.0. The van der Waals surface area contributed by atoms with Crippen LogP contribution >= 0.6 is 0 Å². The maximum absolute atomic E-state index is 12.7. The summed E-state index contributed by atoms with van der Waals surface area (Å²) >= 11 is 0. The van der Waals surface area contributed by atoms with Crippen molar-refractivity contribution in [2.45, 2.75) is 44.6 Å². The van der Waals surface area contributed by atoms with E-state index in [9.17, 15) is 19.5 Å². The number of hydrogen-bond donors (Lipinski definition) is 3. The molecular weight excluding hydrogens is 480 g/mol. The molecular formula is C31H40N2O5. The van der Waals surface area contributed by atoms with E-state index in [1.54, 1.807) is 12.2 Å². The Morgan fingerprint density at radius 3 is 2.11 bits per heavy atom. The molecule has 0 spiro atoms. The van der Waals surface area contributed by atoms with E-state index in [4.69, 9.17) is 4.74 Å². The van der Waals surface area contributed by atoms with Crippen LogP contribution in [0.15, 0.2) is 86.0 Å². The Hall–Kier alpha value is -3.71. The van der Waals surface area contributed by atoms with Crippen LogP contribution in [0, 0.1) is 11.8 Å². The number of aliphatic hydroxyl groups is 1. The molecule has 2 rings (SSSR count). The van der Waals surface area contributed by atoms with Gasteiger partial charge in [0.25, 0.3) is 0 Å². The van der Waals surface area contributed by atoms with Gasteiger partial charge in [-0.15, -0.1) is 13.2 Å². The van der Waals surface area contributed by atoms with Crippen LogP contribution in [0.4, 0.5) is 0 Å². The lowest BCUT2D eigenvalue weighted by Crippen LogP contribution is -2.42. The standard InChI is InChI=1S/C31H40N2O5/c1-3-5-17-27(20-24-13-8-6-9-14-24)31(37)38-19-18-32-30(36)26(12-4-2)22-29(35)33-28(23-34)21-25-15-10-7-11-16-25/h3-4,6-11,13-16,26-28,34H,1-2,5,12,17-23H2,(H,32,36)(H,33,35)/t26-,27-,28+/m1/s1. The molecule has 0 saturated carbocycles. The van der Waals surface area contributed by atoms with E-state index in [2.05, 4.69) is 23.8 Å². The zero-order valence-corrected chi connectivity index (χ0v) is 22.0. The third-order valence-electron chi connectivity index (χ3n) is 6.19. The predicted molar refractivity (Wildman–Crippen MR) is 149 cm³/mol. The lowest BCUT2D eigenvalue weighted by atomic mass is 9.95. The fourth-order valence-electron chi connectivity index (χ4n) is 4.16. The highest BCUT2D eigenvalue weighted by atomic mass is 16.5. The maximum atomic E-state index is 12.7. The summed E-state index contributed by atoms with van der Waals surface area (Å²) in [6, 6.07) is 18.9. The number of carbonyl (C=O) groups excluding carboxylic acids is 3. The summed E-state index contributed by atoms with van der Waals surface area (Å²) in [5.74, 6) is -1.84. The highest BCUT2D eigenvalue weighted by Crippen LogP contribution is 2.16. The first-order valence-corrected chi connectivity index (χ1v) is 13.1. The van der Waals surface area contributed by atoms with Gasteiger partial charge in [-0.05, 0) is 43.2 Å². The Kier molecular flexibility index (Phi) is 14.2. The fraction of sp³-hybridized carbons (Fsp3) is 0.387. The van der Waals surface area contributed by atoms with Crippen LogP contribution in [0.3, 0.4) is 0 Å². The Balaban J connectivity index is 1.80. The van der Waals surface area contributed by atoms with E-state index in [-0.39, 0.29) is 49.9 Å². The van der Waals surface area contributed by atoms with E-state index < -0.39 is 12.0 Å². The van der Waals surface area contributed by atoms with Crippen molar-refractivity contribution in [3.63, 3.8) is 0 Å². The summed E-state index contributed by atoms with van der Waals surface area (Å²) in [5.41, 5.74) is 2.06. The van der Waals surface area contributed by atoms with Gasteiger partial charge in [-0.25, -0.2) is 0 Å². The van der Waals surface area contributed by atoms with Gasteiger partial charge in [0.2, 0.25) is 11.8 Å². The van der Waals surface area contributed by atoms with Crippen molar-refractivity contribution in [3.05, 3.63) is 97.1 Å². The van der Waals surface area contributed by atoms with Gasteiger partial charge in [0.1, 0.15) is 6.61 Å². The number of amides is 2. The van der Waals surface area contributed by atoms with Crippen LogP contribution in [0.1, 0.15) is 36.8 Å². The Labute approximate surface area is 226 Å². The smallest absolute Gasteiger partial charge is 0.309 e. The normalized spacial score (nSPS) is 13.0. The third kappa shape index (κ3) is 11.6. The molecule has 0 unspecified atom stereocenters. The van der Waals surface area contributed by atoms with Crippen LogP contribution in [0.5, 0.6) is 0 Å². The molecule has 38 heavy (non-hydrogen) atoms. The average molecular weight is 521 g/mol. The van der Waals surface area contributed by atoms with E-state index in [1.807, 2.05) is 60.7 Å². The molecule has 0 bridgehead atoms. The molecule has 0 fully saturated rings. The largest absolute Gasteiger partial charge is 0.464 e. The molecule has 3 atom stereocenters. The summed E-state index contributed by atoms with van der Waals surface area (Å²) in [7, 11) is 0. The topological polar surface area (TPSA) is 105 Å². The molecule has 2 aromatic carbocycles. The van der Waals surface area contributed by atoms with E-state index in [0.29, 0.717) is 32.1 Å². The first-order valence-electron chi connectivity index (χ1n) is 13.1. The van der Waals surface area contributed by atoms with Crippen molar-refractivity contribution in [2.75, 3.05) is 19.8 Å². The van der Waals surface area contributed by atoms with Crippen molar-refractivity contribution in [3.8, 4) is 0 Å². The van der Waals surface area contributed by atoms with E-state index in [1.165, 1.54) is 0 Å². The average Bonchev–Trinajstić information content (AvgIpc) is 2.93. The second-order valence-electron chi connectivity index (χ2n) is 9.27. The molecule has 7 nitrogen and oxygen atoms in total. The summed E-state index contributed by atoms with van der Waals surface area (Å²) in [5, 5.41) is 15.3. The fourth-order valence-corrected chi connectivity index (χ4v) is 4.16. The van der Waals surface area contributed by atoms with Crippen molar-refractivity contribution in [1.82, 2.24) is 10.6 Å². The lowest BCUT2D eigenvalue weighted by molar-refractivity contribution is -0.149. The monoisotopic (exact) mass is 520 g/mol. The van der Waals surface area contributed by atoms with E-state index >= 15 is 0 Å². The number of carbonyl (C=O) groups is 3. The van der Waals surface area contributed by atoms with Gasteiger partial charge >= 0.3 is 5.97 Å². The van der Waals surface area contributed by atoms with E-state index in [0.717, 1.165) is 11.1 Å². The molecule has 0 aliphatic heterocycles. The number of nitrogens with one attached hydrogen (secondary N) is 2. The molecule has 0 aliphatic carbocycles. The highest BCUT2D eigenvalue weighted by molar-refractivity contribution is 5.86. The van der Waals surface area contributed by atoms with Crippen molar-refractivity contribution in [1.29, 1.82) is 0 Å². The summed E-state index contributed by atoms with van der Waals surface area (Å²) in [6.07, 6.45) is 6.08. The number of hydrogen-bond acceptors (Lipinski definition) is 5. The van der Waals surface area contributed by atoms with Crippen LogP contribution in [-0.4, -0.2) is 48.7 Å². The van der Waals surface area contributed by atoms with Gasteiger partial charge in [0, 0.05) is 6.42 Å². The van der Waals surface area contributed by atoms with Gasteiger partial charge < -0.3 is 20.5 Å². The van der Waals surface area contributed by atoms with Gasteiger partial charge in [0.15, 0.2) is 0 Å². The molecule has 2 aromatic rings. The maximum Gasteiger partial charge on any atom is 0.309 e. The minimum Gasteiger partial charge on any atom is -0.464 e. The van der Waals surface area contributed by atoms with Gasteiger partial charge in [-0.1, -0.05) is 72.8 Å². The second-order valence-corrected chi connectivity index (χ2v) is 9.27. The molecule has 0 heterocycles.